The second-order valence-corrected chi connectivity index (χ2v) is 8.53. The number of allylic oxidation sites excluding steroid dienone is 13. The molecule has 0 fully saturated rings. The maximum absolute atomic E-state index is 3.90. The minimum Gasteiger partial charge on any atom is -0.0988 e. The molecule has 0 aromatic rings. The van der Waals surface area contributed by atoms with Crippen LogP contribution in [0.2, 0.25) is 0 Å². The molecule has 0 aliphatic heterocycles. The summed E-state index contributed by atoms with van der Waals surface area (Å²) in [5, 5.41) is 0. The summed E-state index contributed by atoms with van der Waals surface area (Å²) in [7, 11) is 0. The summed E-state index contributed by atoms with van der Waals surface area (Å²) in [5.41, 5.74) is 8.14. The van der Waals surface area contributed by atoms with Crippen LogP contribution >= 0.6 is 0 Å². The van der Waals surface area contributed by atoms with Gasteiger partial charge in [-0.15, -0.1) is 0 Å². The summed E-state index contributed by atoms with van der Waals surface area (Å²) >= 11 is 0. The molecule has 0 unspecified atom stereocenters. The lowest BCUT2D eigenvalue weighted by Gasteiger charge is -2.00. The molecule has 31 heavy (non-hydrogen) atoms. The quantitative estimate of drug-likeness (QED) is 0.204. The Morgan fingerprint density at radius 2 is 1.03 bits per heavy atom. The molecule has 0 N–H and O–H groups in total. The zero-order chi connectivity index (χ0) is 23.4. The van der Waals surface area contributed by atoms with Crippen LogP contribution in [0.3, 0.4) is 0 Å². The molecule has 0 aliphatic rings. The van der Waals surface area contributed by atoms with Crippen LogP contribution in [0.15, 0.2) is 95.7 Å². The van der Waals surface area contributed by atoms with E-state index in [0.29, 0.717) is 0 Å². The molecule has 0 radical (unpaired) electrons. The van der Waals surface area contributed by atoms with E-state index in [9.17, 15) is 0 Å². The van der Waals surface area contributed by atoms with Crippen LogP contribution < -0.4 is 0 Å². The topological polar surface area (TPSA) is 0 Å². The van der Waals surface area contributed by atoms with Crippen LogP contribution in [0.5, 0.6) is 0 Å². The van der Waals surface area contributed by atoms with E-state index in [1.165, 1.54) is 40.7 Å². The van der Waals surface area contributed by atoms with Crippen LogP contribution in [-0.4, -0.2) is 0 Å². The molecule has 0 rings (SSSR count). The monoisotopic (exact) mass is 424 g/mol. The summed E-state index contributed by atoms with van der Waals surface area (Å²) in [4.78, 5) is 0. The first kappa shape index (κ1) is 33.6. The third-order valence-corrected chi connectivity index (χ3v) is 4.66. The molecule has 0 amide bonds. The van der Waals surface area contributed by atoms with E-state index < -0.39 is 0 Å². The highest BCUT2D eigenvalue weighted by Gasteiger charge is 1.91. The molecular formula is C31H52. The van der Waals surface area contributed by atoms with E-state index in [-0.39, 0.29) is 7.43 Å². The zero-order valence-electron chi connectivity index (χ0n) is 21.1. The molecule has 0 nitrogen and oxygen atoms in total. The molecular weight excluding hydrogens is 372 g/mol. The van der Waals surface area contributed by atoms with Crippen molar-refractivity contribution in [3.8, 4) is 0 Å². The van der Waals surface area contributed by atoms with Crippen molar-refractivity contribution in [3.63, 3.8) is 0 Å². The van der Waals surface area contributed by atoms with Crippen molar-refractivity contribution in [3.05, 3.63) is 95.7 Å². The Morgan fingerprint density at radius 1 is 0.581 bits per heavy atom. The van der Waals surface area contributed by atoms with Crippen LogP contribution in [0.1, 0.15) is 101 Å². The molecule has 0 bridgehead atoms. The first-order valence-electron chi connectivity index (χ1n) is 11.3. The summed E-state index contributed by atoms with van der Waals surface area (Å²) in [6.07, 6.45) is 22.9. The molecule has 0 aromatic heterocycles. The Hall–Kier alpha value is -2.08. The van der Waals surface area contributed by atoms with Crippen LogP contribution in [0, 0.1) is 0 Å². The van der Waals surface area contributed by atoms with Crippen molar-refractivity contribution >= 4 is 0 Å². The van der Waals surface area contributed by atoms with Crippen molar-refractivity contribution < 1.29 is 0 Å². The first-order valence-corrected chi connectivity index (χ1v) is 11.3. The second-order valence-electron chi connectivity index (χ2n) is 8.53. The second kappa shape index (κ2) is 22.6. The SMILES string of the molecule is C.C=C/C(C)=C/C/C=C(\C)CCC=C(C)C.C=CC(=C)CC/C=C(\C)CCC=C(C)C. The summed E-state index contributed by atoms with van der Waals surface area (Å²) in [6, 6.07) is 0. The Labute approximate surface area is 196 Å². The summed E-state index contributed by atoms with van der Waals surface area (Å²) in [6.45, 7) is 26.4. The van der Waals surface area contributed by atoms with Crippen LogP contribution in [0.4, 0.5) is 0 Å². The van der Waals surface area contributed by atoms with Gasteiger partial charge in [-0.3, -0.25) is 0 Å². The van der Waals surface area contributed by atoms with Gasteiger partial charge in [0.2, 0.25) is 0 Å². The van der Waals surface area contributed by atoms with Crippen molar-refractivity contribution in [2.75, 3.05) is 0 Å². The van der Waals surface area contributed by atoms with Gasteiger partial charge in [0, 0.05) is 0 Å². The van der Waals surface area contributed by atoms with Gasteiger partial charge in [-0.05, 0) is 93.4 Å². The van der Waals surface area contributed by atoms with Gasteiger partial charge in [-0.25, -0.2) is 0 Å². The normalized spacial score (nSPS) is 11.4. The van der Waals surface area contributed by atoms with Gasteiger partial charge in [-0.1, -0.05) is 103 Å². The predicted octanol–water partition coefficient (Wildman–Crippen LogP) is 11.0. The van der Waals surface area contributed by atoms with Gasteiger partial charge in [0.1, 0.15) is 0 Å². The van der Waals surface area contributed by atoms with E-state index in [1.54, 1.807) is 0 Å². The average Bonchev–Trinajstić information content (AvgIpc) is 2.67. The number of hydrogen-bond acceptors (Lipinski definition) is 0. The molecule has 0 heterocycles. The molecule has 0 atom stereocenters. The smallest absolute Gasteiger partial charge is 0.0161 e. The third-order valence-electron chi connectivity index (χ3n) is 4.66. The Morgan fingerprint density at radius 3 is 1.45 bits per heavy atom. The standard InChI is InChI=1S/2C15H24.CH4/c2*1-6-14(4)10-8-12-15(5)11-7-9-13(2)3;/h6,9-10,12H,1,7-8,11H2,2-5H3;6,9,12H,1,4,7-8,10-11H2,2-3,5H3;1H4/b14-10+,15-12+;15-12+;. The van der Waals surface area contributed by atoms with Gasteiger partial charge in [0.05, 0.1) is 0 Å². The molecule has 0 heteroatoms. The largest absolute Gasteiger partial charge is 0.0988 e. The third kappa shape index (κ3) is 27.9. The van der Waals surface area contributed by atoms with E-state index in [1.807, 2.05) is 12.2 Å². The minimum absolute atomic E-state index is 0. The number of hydrogen-bond donors (Lipinski definition) is 0. The highest BCUT2D eigenvalue weighted by molar-refractivity contribution is 5.15. The van der Waals surface area contributed by atoms with Gasteiger partial charge in [0.25, 0.3) is 0 Å². The molecule has 0 aromatic carbocycles. The summed E-state index contributed by atoms with van der Waals surface area (Å²) < 4.78 is 0. The molecule has 0 aliphatic carbocycles. The van der Waals surface area contributed by atoms with Crippen LogP contribution in [0.25, 0.3) is 0 Å². The Bertz CT molecular complexity index is 648. The maximum Gasteiger partial charge on any atom is -0.0161 e. The highest BCUT2D eigenvalue weighted by Crippen LogP contribution is 2.11. The van der Waals surface area contributed by atoms with E-state index in [0.717, 1.165) is 37.7 Å². The van der Waals surface area contributed by atoms with Crippen LogP contribution in [-0.2, 0) is 0 Å². The maximum atomic E-state index is 3.90. The van der Waals surface area contributed by atoms with Gasteiger partial charge in [-0.2, -0.15) is 0 Å². The van der Waals surface area contributed by atoms with Crippen molar-refractivity contribution in [2.45, 2.75) is 101 Å². The van der Waals surface area contributed by atoms with Gasteiger partial charge in [0.15, 0.2) is 0 Å². The summed E-state index contributed by atoms with van der Waals surface area (Å²) in [5.74, 6) is 0. The highest BCUT2D eigenvalue weighted by atomic mass is 14.0. The van der Waals surface area contributed by atoms with E-state index in [4.69, 9.17) is 0 Å². The zero-order valence-corrected chi connectivity index (χ0v) is 21.1. The van der Waals surface area contributed by atoms with E-state index >= 15 is 0 Å². The lowest BCUT2D eigenvalue weighted by atomic mass is 10.1. The first-order chi connectivity index (χ1) is 14.1. The average molecular weight is 425 g/mol. The lowest BCUT2D eigenvalue weighted by Crippen LogP contribution is -1.79. The molecule has 176 valence electrons. The predicted molar refractivity (Wildman–Crippen MR) is 149 cm³/mol. The van der Waals surface area contributed by atoms with Crippen molar-refractivity contribution in [1.82, 2.24) is 0 Å². The number of rotatable bonds is 13. The fourth-order valence-electron chi connectivity index (χ4n) is 2.52. The molecule has 0 saturated carbocycles. The lowest BCUT2D eigenvalue weighted by molar-refractivity contribution is 0.929. The minimum atomic E-state index is 0. The van der Waals surface area contributed by atoms with Gasteiger partial charge >= 0.3 is 0 Å². The van der Waals surface area contributed by atoms with E-state index in [2.05, 4.69) is 98.6 Å². The molecule has 0 saturated heterocycles. The fourth-order valence-corrected chi connectivity index (χ4v) is 2.52. The Kier molecular flexibility index (Phi) is 24.5. The van der Waals surface area contributed by atoms with Crippen molar-refractivity contribution in [2.24, 2.45) is 0 Å². The van der Waals surface area contributed by atoms with Crippen molar-refractivity contribution in [1.29, 1.82) is 0 Å². The molecule has 0 spiro atoms. The Balaban J connectivity index is -0.000000490. The van der Waals surface area contributed by atoms with Gasteiger partial charge < -0.3 is 0 Å². The fraction of sp³-hybridized carbons (Fsp3) is 0.484.